The Kier molecular flexibility index (Phi) is 4.00. The molecule has 0 radical (unpaired) electrons. The lowest BCUT2D eigenvalue weighted by Gasteiger charge is -2.25. The SMILES string of the molecule is CN1C[C@@]2(CCCN(Cc3ccc4c(c3)OCCO4)CC2)OC1=O. The summed E-state index contributed by atoms with van der Waals surface area (Å²) in [4.78, 5) is 15.9. The Bertz CT molecular complexity index is 635. The maximum absolute atomic E-state index is 11.7. The van der Waals surface area contributed by atoms with E-state index in [-0.39, 0.29) is 11.7 Å². The zero-order valence-corrected chi connectivity index (χ0v) is 14.1. The van der Waals surface area contributed by atoms with Crippen molar-refractivity contribution in [2.75, 3.05) is 39.9 Å². The highest BCUT2D eigenvalue weighted by Crippen LogP contribution is 2.34. The van der Waals surface area contributed by atoms with Gasteiger partial charge in [0.05, 0.1) is 6.54 Å². The minimum atomic E-state index is -0.284. The van der Waals surface area contributed by atoms with Crippen LogP contribution >= 0.6 is 0 Å². The Morgan fingerprint density at radius 3 is 2.75 bits per heavy atom. The first-order chi connectivity index (χ1) is 11.6. The molecule has 0 saturated carbocycles. The molecule has 1 atom stereocenters. The second kappa shape index (κ2) is 6.16. The number of rotatable bonds is 2. The average molecular weight is 332 g/mol. The van der Waals surface area contributed by atoms with Crippen LogP contribution in [0.15, 0.2) is 18.2 Å². The molecule has 3 heterocycles. The number of likely N-dealkylation sites (tertiary alicyclic amines) is 1. The van der Waals surface area contributed by atoms with Crippen molar-refractivity contribution in [2.45, 2.75) is 31.4 Å². The minimum absolute atomic E-state index is 0.185. The molecule has 2 saturated heterocycles. The number of likely N-dealkylation sites (N-methyl/N-ethyl adjacent to an activating group) is 1. The van der Waals surface area contributed by atoms with Crippen molar-refractivity contribution in [3.8, 4) is 11.5 Å². The lowest BCUT2D eigenvalue weighted by molar-refractivity contribution is 0.0443. The fraction of sp³-hybridized carbons (Fsp3) is 0.611. The lowest BCUT2D eigenvalue weighted by Crippen LogP contribution is -2.35. The fourth-order valence-electron chi connectivity index (χ4n) is 3.88. The largest absolute Gasteiger partial charge is 0.486 e. The summed E-state index contributed by atoms with van der Waals surface area (Å²) in [5.41, 5.74) is 0.948. The predicted octanol–water partition coefficient (Wildman–Crippen LogP) is 2.26. The Labute approximate surface area is 142 Å². The summed E-state index contributed by atoms with van der Waals surface area (Å²) in [5, 5.41) is 0. The van der Waals surface area contributed by atoms with E-state index < -0.39 is 0 Å². The number of carbonyl (C=O) groups excluding carboxylic acids is 1. The Hall–Kier alpha value is -1.95. The molecule has 130 valence electrons. The summed E-state index contributed by atoms with van der Waals surface area (Å²) in [6.45, 7) is 4.79. The lowest BCUT2D eigenvalue weighted by atomic mass is 9.95. The molecule has 1 amide bonds. The van der Waals surface area contributed by atoms with Crippen molar-refractivity contribution >= 4 is 6.09 Å². The number of amides is 1. The van der Waals surface area contributed by atoms with Gasteiger partial charge in [0.2, 0.25) is 0 Å². The highest BCUT2D eigenvalue weighted by Gasteiger charge is 2.44. The molecule has 2 fully saturated rings. The number of benzene rings is 1. The zero-order chi connectivity index (χ0) is 16.6. The van der Waals surface area contributed by atoms with Gasteiger partial charge in [-0.1, -0.05) is 6.07 Å². The molecule has 4 rings (SSSR count). The Morgan fingerprint density at radius 1 is 1.12 bits per heavy atom. The van der Waals surface area contributed by atoms with Crippen LogP contribution in [0.4, 0.5) is 4.79 Å². The van der Waals surface area contributed by atoms with E-state index in [9.17, 15) is 4.79 Å². The van der Waals surface area contributed by atoms with Crippen LogP contribution in [0.1, 0.15) is 24.8 Å². The summed E-state index contributed by atoms with van der Waals surface area (Å²) >= 11 is 0. The maximum atomic E-state index is 11.7. The molecular weight excluding hydrogens is 308 g/mol. The van der Waals surface area contributed by atoms with Crippen LogP contribution in [0.5, 0.6) is 11.5 Å². The third kappa shape index (κ3) is 3.02. The van der Waals surface area contributed by atoms with Crippen molar-refractivity contribution in [1.82, 2.24) is 9.80 Å². The molecule has 0 aliphatic carbocycles. The molecule has 0 N–H and O–H groups in total. The molecule has 24 heavy (non-hydrogen) atoms. The molecule has 3 aliphatic rings. The summed E-state index contributed by atoms with van der Waals surface area (Å²) in [7, 11) is 1.81. The van der Waals surface area contributed by atoms with Crippen LogP contribution in [0.25, 0.3) is 0 Å². The van der Waals surface area contributed by atoms with Gasteiger partial charge in [-0.2, -0.15) is 0 Å². The molecule has 3 aliphatic heterocycles. The number of hydrogen-bond donors (Lipinski definition) is 0. The summed E-state index contributed by atoms with van der Waals surface area (Å²) in [6, 6.07) is 6.19. The standard InChI is InChI=1S/C18H24N2O4/c1-19-13-18(24-17(19)21)5-2-7-20(8-6-18)12-14-3-4-15-16(11-14)23-10-9-22-15/h3-4,11H,2,5-10,12-13H2,1H3/t18-/m0/s1. The van der Waals surface area contributed by atoms with E-state index in [1.165, 1.54) is 5.56 Å². The number of fused-ring (bicyclic) bond motifs is 1. The van der Waals surface area contributed by atoms with Crippen LogP contribution in [-0.2, 0) is 11.3 Å². The molecule has 6 nitrogen and oxygen atoms in total. The number of hydrogen-bond acceptors (Lipinski definition) is 5. The molecular formula is C18H24N2O4. The van der Waals surface area contributed by atoms with Crippen LogP contribution in [0.3, 0.4) is 0 Å². The van der Waals surface area contributed by atoms with Crippen LogP contribution in [0, 0.1) is 0 Å². The first kappa shape index (κ1) is 15.6. The fourth-order valence-corrected chi connectivity index (χ4v) is 3.88. The average Bonchev–Trinajstić information content (AvgIpc) is 2.74. The van der Waals surface area contributed by atoms with Gasteiger partial charge < -0.3 is 19.1 Å². The molecule has 6 heteroatoms. The molecule has 1 aromatic carbocycles. The van der Waals surface area contributed by atoms with E-state index in [2.05, 4.69) is 17.0 Å². The second-order valence-corrected chi connectivity index (χ2v) is 7.01. The third-order valence-electron chi connectivity index (χ3n) is 5.14. The summed E-state index contributed by atoms with van der Waals surface area (Å²) in [5.74, 6) is 1.68. The summed E-state index contributed by atoms with van der Waals surface area (Å²) < 4.78 is 16.9. The van der Waals surface area contributed by atoms with E-state index in [1.807, 2.05) is 13.1 Å². The number of ether oxygens (including phenoxy) is 3. The molecule has 0 unspecified atom stereocenters. The smallest absolute Gasteiger partial charge is 0.410 e. The van der Waals surface area contributed by atoms with Gasteiger partial charge in [-0.3, -0.25) is 4.90 Å². The van der Waals surface area contributed by atoms with Crippen molar-refractivity contribution in [1.29, 1.82) is 0 Å². The third-order valence-corrected chi connectivity index (χ3v) is 5.14. The van der Waals surface area contributed by atoms with Gasteiger partial charge in [0.15, 0.2) is 11.5 Å². The van der Waals surface area contributed by atoms with Gasteiger partial charge in [0.1, 0.15) is 18.8 Å². The van der Waals surface area contributed by atoms with E-state index >= 15 is 0 Å². The zero-order valence-electron chi connectivity index (χ0n) is 14.1. The quantitative estimate of drug-likeness (QED) is 0.831. The van der Waals surface area contributed by atoms with Gasteiger partial charge >= 0.3 is 6.09 Å². The highest BCUT2D eigenvalue weighted by molar-refractivity contribution is 5.70. The van der Waals surface area contributed by atoms with Crippen molar-refractivity contribution in [3.63, 3.8) is 0 Å². The van der Waals surface area contributed by atoms with Crippen LogP contribution < -0.4 is 9.47 Å². The van der Waals surface area contributed by atoms with Gasteiger partial charge in [0, 0.05) is 26.6 Å². The monoisotopic (exact) mass is 332 g/mol. The van der Waals surface area contributed by atoms with Crippen LogP contribution in [0.2, 0.25) is 0 Å². The minimum Gasteiger partial charge on any atom is -0.486 e. The van der Waals surface area contributed by atoms with E-state index in [0.29, 0.717) is 19.8 Å². The maximum Gasteiger partial charge on any atom is 0.410 e. The van der Waals surface area contributed by atoms with Crippen LogP contribution in [-0.4, -0.2) is 61.4 Å². The molecule has 0 bridgehead atoms. The highest BCUT2D eigenvalue weighted by atomic mass is 16.6. The number of nitrogens with zero attached hydrogens (tertiary/aromatic N) is 2. The summed E-state index contributed by atoms with van der Waals surface area (Å²) in [6.07, 6.45) is 2.70. The van der Waals surface area contributed by atoms with Crippen molar-refractivity contribution < 1.29 is 19.0 Å². The number of carbonyl (C=O) groups is 1. The second-order valence-electron chi connectivity index (χ2n) is 7.01. The first-order valence-electron chi connectivity index (χ1n) is 8.69. The predicted molar refractivity (Wildman–Crippen MR) is 88.4 cm³/mol. The van der Waals surface area contributed by atoms with Gasteiger partial charge in [0.25, 0.3) is 0 Å². The Morgan fingerprint density at radius 2 is 1.96 bits per heavy atom. The molecule has 0 aromatic heterocycles. The van der Waals surface area contributed by atoms with Gasteiger partial charge in [-0.15, -0.1) is 0 Å². The van der Waals surface area contributed by atoms with Gasteiger partial charge in [-0.05, 0) is 37.1 Å². The van der Waals surface area contributed by atoms with E-state index in [1.54, 1.807) is 4.90 Å². The molecule has 1 aromatic rings. The van der Waals surface area contributed by atoms with E-state index in [4.69, 9.17) is 14.2 Å². The van der Waals surface area contributed by atoms with E-state index in [0.717, 1.165) is 50.4 Å². The molecule has 1 spiro atoms. The normalized spacial score (nSPS) is 27.2. The topological polar surface area (TPSA) is 51.2 Å². The van der Waals surface area contributed by atoms with Gasteiger partial charge in [-0.25, -0.2) is 4.79 Å². The Balaban J connectivity index is 1.40. The first-order valence-corrected chi connectivity index (χ1v) is 8.69. The van der Waals surface area contributed by atoms with Crippen molar-refractivity contribution in [3.05, 3.63) is 23.8 Å². The van der Waals surface area contributed by atoms with Crippen molar-refractivity contribution in [2.24, 2.45) is 0 Å².